The SMILES string of the molecule is O=C1N[C@@H](C2CC2)C(=O)N[C@H]1Cc1c[nH]c2ccccc12. The Bertz CT molecular complexity index is 717. The second kappa shape index (κ2) is 4.62. The van der Waals surface area contributed by atoms with Crippen molar-refractivity contribution in [3.8, 4) is 0 Å². The molecule has 2 aromatic rings. The largest absolute Gasteiger partial charge is 0.361 e. The van der Waals surface area contributed by atoms with Crippen LogP contribution in [0, 0.1) is 5.92 Å². The van der Waals surface area contributed by atoms with Crippen LogP contribution in [0.25, 0.3) is 10.9 Å². The second-order valence-electron chi connectivity index (χ2n) is 5.95. The molecule has 1 aliphatic carbocycles. The van der Waals surface area contributed by atoms with E-state index in [1.807, 2.05) is 30.5 Å². The van der Waals surface area contributed by atoms with Crippen LogP contribution < -0.4 is 10.6 Å². The summed E-state index contributed by atoms with van der Waals surface area (Å²) in [6, 6.07) is 7.17. The van der Waals surface area contributed by atoms with E-state index in [9.17, 15) is 9.59 Å². The van der Waals surface area contributed by atoms with Crippen molar-refractivity contribution in [2.75, 3.05) is 0 Å². The number of rotatable bonds is 3. The van der Waals surface area contributed by atoms with Gasteiger partial charge in [-0.3, -0.25) is 9.59 Å². The van der Waals surface area contributed by atoms with Gasteiger partial charge >= 0.3 is 0 Å². The lowest BCUT2D eigenvalue weighted by atomic mass is 10.00. The molecule has 1 saturated heterocycles. The Morgan fingerprint density at radius 3 is 2.67 bits per heavy atom. The fourth-order valence-corrected chi connectivity index (χ4v) is 3.07. The number of carbonyl (C=O) groups is 2. The normalized spacial score (nSPS) is 25.7. The Morgan fingerprint density at radius 1 is 1.05 bits per heavy atom. The average molecular weight is 283 g/mol. The van der Waals surface area contributed by atoms with Gasteiger partial charge in [0.1, 0.15) is 12.1 Å². The van der Waals surface area contributed by atoms with Gasteiger partial charge in [-0.1, -0.05) is 18.2 Å². The standard InChI is InChI=1S/C16H17N3O2/c20-15-13(18-16(21)14(19-15)9-5-6-9)7-10-8-17-12-4-2-1-3-11(10)12/h1-4,8-9,13-14,17H,5-7H2,(H,18,21)(H,19,20)/t13-,14-/m0/s1. The molecule has 1 aliphatic heterocycles. The van der Waals surface area contributed by atoms with Crippen LogP contribution >= 0.6 is 0 Å². The van der Waals surface area contributed by atoms with E-state index in [4.69, 9.17) is 0 Å². The van der Waals surface area contributed by atoms with E-state index < -0.39 is 6.04 Å². The molecule has 2 fully saturated rings. The molecule has 5 heteroatoms. The molecule has 0 radical (unpaired) electrons. The van der Waals surface area contributed by atoms with Crippen molar-refractivity contribution in [3.05, 3.63) is 36.0 Å². The minimum absolute atomic E-state index is 0.0399. The number of aromatic amines is 1. The summed E-state index contributed by atoms with van der Waals surface area (Å²) in [7, 11) is 0. The lowest BCUT2D eigenvalue weighted by Gasteiger charge is -2.29. The number of aromatic nitrogens is 1. The van der Waals surface area contributed by atoms with Gasteiger partial charge in [0.2, 0.25) is 11.8 Å². The van der Waals surface area contributed by atoms with E-state index in [2.05, 4.69) is 15.6 Å². The molecular weight excluding hydrogens is 266 g/mol. The molecule has 0 spiro atoms. The van der Waals surface area contributed by atoms with Gasteiger partial charge in [-0.25, -0.2) is 0 Å². The highest BCUT2D eigenvalue weighted by Crippen LogP contribution is 2.33. The van der Waals surface area contributed by atoms with Crippen LogP contribution in [0.3, 0.4) is 0 Å². The number of amides is 2. The highest BCUT2D eigenvalue weighted by Gasteiger charge is 2.42. The highest BCUT2D eigenvalue weighted by molar-refractivity contribution is 5.97. The van der Waals surface area contributed by atoms with E-state index in [0.717, 1.165) is 29.3 Å². The van der Waals surface area contributed by atoms with Crippen molar-refractivity contribution < 1.29 is 9.59 Å². The summed E-state index contributed by atoms with van der Waals surface area (Å²) in [6.07, 6.45) is 4.49. The maximum absolute atomic E-state index is 12.2. The molecule has 2 atom stereocenters. The number of hydrogen-bond acceptors (Lipinski definition) is 2. The van der Waals surface area contributed by atoms with E-state index in [1.165, 1.54) is 0 Å². The molecule has 2 aliphatic rings. The highest BCUT2D eigenvalue weighted by atomic mass is 16.2. The zero-order valence-corrected chi connectivity index (χ0v) is 11.6. The number of fused-ring (bicyclic) bond motifs is 1. The van der Waals surface area contributed by atoms with Crippen molar-refractivity contribution in [1.29, 1.82) is 0 Å². The van der Waals surface area contributed by atoms with Crippen LogP contribution in [0.5, 0.6) is 0 Å². The number of nitrogens with one attached hydrogen (secondary N) is 3. The van der Waals surface area contributed by atoms with Crippen LogP contribution in [0.1, 0.15) is 18.4 Å². The van der Waals surface area contributed by atoms with E-state index >= 15 is 0 Å². The first-order valence-corrected chi connectivity index (χ1v) is 7.38. The molecule has 2 amide bonds. The Morgan fingerprint density at radius 2 is 1.86 bits per heavy atom. The van der Waals surface area contributed by atoms with Crippen LogP contribution in [-0.4, -0.2) is 28.9 Å². The van der Waals surface area contributed by atoms with Crippen LogP contribution in [0.15, 0.2) is 30.5 Å². The van der Waals surface area contributed by atoms with Gasteiger partial charge in [-0.2, -0.15) is 0 Å². The Kier molecular flexibility index (Phi) is 2.74. The monoisotopic (exact) mass is 283 g/mol. The molecule has 5 nitrogen and oxygen atoms in total. The zero-order valence-electron chi connectivity index (χ0n) is 11.6. The Balaban J connectivity index is 1.54. The van der Waals surface area contributed by atoms with Gasteiger partial charge in [-0.05, 0) is 30.4 Å². The van der Waals surface area contributed by atoms with E-state index in [0.29, 0.717) is 12.3 Å². The van der Waals surface area contributed by atoms with Gasteiger partial charge in [-0.15, -0.1) is 0 Å². The second-order valence-corrected chi connectivity index (χ2v) is 5.95. The smallest absolute Gasteiger partial charge is 0.243 e. The van der Waals surface area contributed by atoms with Crippen LogP contribution in [0.2, 0.25) is 0 Å². The maximum atomic E-state index is 12.2. The molecule has 0 unspecified atom stereocenters. The minimum atomic E-state index is -0.480. The Labute approximate surface area is 122 Å². The predicted molar refractivity (Wildman–Crippen MR) is 78.6 cm³/mol. The first-order chi connectivity index (χ1) is 10.2. The zero-order chi connectivity index (χ0) is 14.4. The summed E-state index contributed by atoms with van der Waals surface area (Å²) in [4.78, 5) is 27.5. The molecule has 3 N–H and O–H groups in total. The fraction of sp³-hybridized carbons (Fsp3) is 0.375. The lowest BCUT2D eigenvalue weighted by molar-refractivity contribution is -0.137. The minimum Gasteiger partial charge on any atom is -0.361 e. The van der Waals surface area contributed by atoms with Crippen molar-refractivity contribution in [2.24, 2.45) is 5.92 Å². The van der Waals surface area contributed by atoms with Crippen molar-refractivity contribution in [1.82, 2.24) is 15.6 Å². The van der Waals surface area contributed by atoms with Crippen LogP contribution in [0.4, 0.5) is 0 Å². The number of piperazine rings is 1. The summed E-state index contributed by atoms with van der Waals surface area (Å²) >= 11 is 0. The topological polar surface area (TPSA) is 74.0 Å². The summed E-state index contributed by atoms with van der Waals surface area (Å²) in [6.45, 7) is 0. The van der Waals surface area contributed by atoms with Crippen molar-refractivity contribution in [3.63, 3.8) is 0 Å². The number of carbonyl (C=O) groups excluding carboxylic acids is 2. The molecule has 1 aromatic heterocycles. The number of para-hydroxylation sites is 1. The number of hydrogen-bond donors (Lipinski definition) is 3. The summed E-state index contributed by atoms with van der Waals surface area (Å²) in [5.74, 6) is 0.224. The summed E-state index contributed by atoms with van der Waals surface area (Å²) in [5.41, 5.74) is 2.10. The maximum Gasteiger partial charge on any atom is 0.243 e. The molecule has 108 valence electrons. The van der Waals surface area contributed by atoms with Gasteiger partial charge in [0.05, 0.1) is 0 Å². The summed E-state index contributed by atoms with van der Waals surface area (Å²) in [5, 5.41) is 6.85. The predicted octanol–water partition coefficient (Wildman–Crippen LogP) is 1.10. The van der Waals surface area contributed by atoms with E-state index in [1.54, 1.807) is 0 Å². The molecule has 4 rings (SSSR count). The number of H-pyrrole nitrogens is 1. The molecule has 0 bridgehead atoms. The van der Waals surface area contributed by atoms with Crippen molar-refractivity contribution >= 4 is 22.7 Å². The van der Waals surface area contributed by atoms with Gasteiger partial charge in [0, 0.05) is 23.5 Å². The molecule has 1 aromatic carbocycles. The van der Waals surface area contributed by atoms with Gasteiger partial charge in [0.15, 0.2) is 0 Å². The molecule has 2 heterocycles. The third-order valence-electron chi connectivity index (χ3n) is 4.41. The number of benzene rings is 1. The van der Waals surface area contributed by atoms with E-state index in [-0.39, 0.29) is 17.9 Å². The first kappa shape index (κ1) is 12.4. The lowest BCUT2D eigenvalue weighted by Crippen LogP contribution is -2.62. The van der Waals surface area contributed by atoms with Gasteiger partial charge in [0.25, 0.3) is 0 Å². The Hall–Kier alpha value is -2.30. The third-order valence-corrected chi connectivity index (χ3v) is 4.41. The molecule has 21 heavy (non-hydrogen) atoms. The van der Waals surface area contributed by atoms with Gasteiger partial charge < -0.3 is 15.6 Å². The third kappa shape index (κ3) is 2.18. The van der Waals surface area contributed by atoms with Crippen LogP contribution in [-0.2, 0) is 16.0 Å². The van der Waals surface area contributed by atoms with Crippen molar-refractivity contribution in [2.45, 2.75) is 31.3 Å². The average Bonchev–Trinajstić information content (AvgIpc) is 3.25. The fourth-order valence-electron chi connectivity index (χ4n) is 3.07. The molecular formula is C16H17N3O2. The first-order valence-electron chi connectivity index (χ1n) is 7.38. The molecule has 1 saturated carbocycles. The summed E-state index contributed by atoms with van der Waals surface area (Å²) < 4.78 is 0. The quantitative estimate of drug-likeness (QED) is 0.789.